The summed E-state index contributed by atoms with van der Waals surface area (Å²) >= 11 is 0. The summed E-state index contributed by atoms with van der Waals surface area (Å²) in [5, 5.41) is 0. The lowest BCUT2D eigenvalue weighted by Crippen LogP contribution is -1.89. The fraction of sp³-hybridized carbons (Fsp3) is 0.176. The Morgan fingerprint density at radius 3 is 2.50 bits per heavy atom. The first-order valence-electron chi connectivity index (χ1n) is 5.97. The van der Waals surface area contributed by atoms with Gasteiger partial charge in [-0.3, -0.25) is 0 Å². The zero-order valence-electron chi connectivity index (χ0n) is 10.6. The van der Waals surface area contributed by atoms with Gasteiger partial charge in [-0.1, -0.05) is 44.0 Å². The van der Waals surface area contributed by atoms with E-state index in [2.05, 4.69) is 31.9 Å². The van der Waals surface area contributed by atoms with E-state index in [1.165, 1.54) is 17.7 Å². The molecule has 2 rings (SSSR count). The highest BCUT2D eigenvalue weighted by Crippen LogP contribution is 2.25. The Bertz CT molecular complexity index is 603. The van der Waals surface area contributed by atoms with Gasteiger partial charge in [0.25, 0.3) is 0 Å². The molecule has 0 fully saturated rings. The fourth-order valence-corrected chi connectivity index (χ4v) is 1.92. The van der Waals surface area contributed by atoms with Gasteiger partial charge in [0.2, 0.25) is 0 Å². The second-order valence-electron chi connectivity index (χ2n) is 4.65. The predicted octanol–water partition coefficient (Wildman–Crippen LogP) is 4.60. The summed E-state index contributed by atoms with van der Waals surface area (Å²) in [5.41, 5.74) is 3.63. The average molecular weight is 238 g/mol. The van der Waals surface area contributed by atoms with Gasteiger partial charge < -0.3 is 0 Å². The normalized spacial score (nSPS) is 10.4. The van der Waals surface area contributed by atoms with Crippen LogP contribution in [0.5, 0.6) is 0 Å². The summed E-state index contributed by atoms with van der Waals surface area (Å²) in [5.74, 6) is 2.63. The van der Waals surface area contributed by atoms with Gasteiger partial charge in [-0.05, 0) is 40.8 Å². The highest BCUT2D eigenvalue weighted by Gasteiger charge is 2.05. The molecule has 18 heavy (non-hydrogen) atoms. The first kappa shape index (κ1) is 12.4. The van der Waals surface area contributed by atoms with Gasteiger partial charge in [-0.15, -0.1) is 6.42 Å². The van der Waals surface area contributed by atoms with Crippen molar-refractivity contribution in [2.75, 3.05) is 0 Å². The second-order valence-corrected chi connectivity index (χ2v) is 4.65. The molecule has 2 aromatic rings. The van der Waals surface area contributed by atoms with Gasteiger partial charge in [-0.25, -0.2) is 4.39 Å². The summed E-state index contributed by atoms with van der Waals surface area (Å²) in [6.45, 7) is 4.27. The highest BCUT2D eigenvalue weighted by atomic mass is 19.1. The summed E-state index contributed by atoms with van der Waals surface area (Å²) in [6.07, 6.45) is 5.33. The molecule has 0 aromatic heterocycles. The van der Waals surface area contributed by atoms with Crippen molar-refractivity contribution in [2.45, 2.75) is 19.8 Å². The first-order chi connectivity index (χ1) is 8.60. The van der Waals surface area contributed by atoms with Crippen LogP contribution in [0.15, 0.2) is 42.5 Å². The maximum absolute atomic E-state index is 13.5. The monoisotopic (exact) mass is 238 g/mol. The molecule has 0 atom stereocenters. The molecule has 0 unspecified atom stereocenters. The van der Waals surface area contributed by atoms with Gasteiger partial charge >= 0.3 is 0 Å². The Balaban J connectivity index is 2.52. The second kappa shape index (κ2) is 5.06. The number of terminal acetylenes is 1. The molecule has 0 radical (unpaired) electrons. The minimum absolute atomic E-state index is 0.296. The van der Waals surface area contributed by atoms with Crippen LogP contribution in [0.2, 0.25) is 0 Å². The molecule has 0 aliphatic rings. The van der Waals surface area contributed by atoms with E-state index in [1.807, 2.05) is 18.2 Å². The Labute approximate surface area is 107 Å². The Hall–Kier alpha value is -2.07. The fourth-order valence-electron chi connectivity index (χ4n) is 1.92. The molecule has 2 aromatic carbocycles. The summed E-state index contributed by atoms with van der Waals surface area (Å²) in [6, 6.07) is 12.8. The van der Waals surface area contributed by atoms with E-state index >= 15 is 0 Å². The van der Waals surface area contributed by atoms with Crippen LogP contribution in [0, 0.1) is 18.2 Å². The van der Waals surface area contributed by atoms with Crippen LogP contribution in [0.1, 0.15) is 30.9 Å². The molecule has 0 saturated heterocycles. The van der Waals surface area contributed by atoms with E-state index in [0.717, 1.165) is 11.1 Å². The van der Waals surface area contributed by atoms with Crippen molar-refractivity contribution in [3.8, 4) is 23.5 Å². The Kier molecular flexibility index (Phi) is 3.48. The number of rotatable bonds is 2. The average Bonchev–Trinajstić information content (AvgIpc) is 2.38. The van der Waals surface area contributed by atoms with Crippen LogP contribution < -0.4 is 0 Å². The van der Waals surface area contributed by atoms with Crippen LogP contribution >= 0.6 is 0 Å². The summed E-state index contributed by atoms with van der Waals surface area (Å²) < 4.78 is 13.5. The van der Waals surface area contributed by atoms with Gasteiger partial charge in [0.15, 0.2) is 0 Å². The zero-order valence-corrected chi connectivity index (χ0v) is 10.6. The lowest BCUT2D eigenvalue weighted by molar-refractivity contribution is 0.628. The van der Waals surface area contributed by atoms with E-state index in [4.69, 9.17) is 6.42 Å². The van der Waals surface area contributed by atoms with Crippen molar-refractivity contribution in [2.24, 2.45) is 0 Å². The van der Waals surface area contributed by atoms with Crippen LogP contribution in [0.25, 0.3) is 11.1 Å². The molecular weight excluding hydrogens is 223 g/mol. The smallest absolute Gasteiger partial charge is 0.125 e. The minimum atomic E-state index is -0.296. The van der Waals surface area contributed by atoms with Crippen molar-refractivity contribution in [3.05, 3.63) is 59.4 Å². The molecule has 0 aliphatic heterocycles. The summed E-state index contributed by atoms with van der Waals surface area (Å²) in [7, 11) is 0. The van der Waals surface area contributed by atoms with Crippen molar-refractivity contribution in [1.82, 2.24) is 0 Å². The van der Waals surface area contributed by atoms with Gasteiger partial charge in [0.05, 0.1) is 0 Å². The van der Waals surface area contributed by atoms with Crippen LogP contribution in [-0.4, -0.2) is 0 Å². The van der Waals surface area contributed by atoms with Gasteiger partial charge in [0, 0.05) is 5.56 Å². The molecule has 0 heterocycles. The number of benzene rings is 2. The topological polar surface area (TPSA) is 0 Å². The first-order valence-corrected chi connectivity index (χ1v) is 5.97. The SMILES string of the molecule is C#Cc1cc(F)cc(-c2cccc(C(C)C)c2)c1. The standard InChI is InChI=1S/C17H15F/c1-4-13-8-16(11-17(18)9-13)15-7-5-6-14(10-15)12(2)3/h1,5-12H,2-3H3. The van der Waals surface area contributed by atoms with E-state index < -0.39 is 0 Å². The van der Waals surface area contributed by atoms with Crippen molar-refractivity contribution < 1.29 is 4.39 Å². The molecule has 0 saturated carbocycles. The van der Waals surface area contributed by atoms with Crippen molar-refractivity contribution in [1.29, 1.82) is 0 Å². The quantitative estimate of drug-likeness (QED) is 0.671. The molecule has 0 bridgehead atoms. The van der Waals surface area contributed by atoms with Crippen molar-refractivity contribution >= 4 is 0 Å². The van der Waals surface area contributed by atoms with E-state index in [9.17, 15) is 4.39 Å². The van der Waals surface area contributed by atoms with E-state index in [0.29, 0.717) is 11.5 Å². The molecule has 0 amide bonds. The van der Waals surface area contributed by atoms with Crippen LogP contribution in [-0.2, 0) is 0 Å². The molecular formula is C17H15F. The third-order valence-electron chi connectivity index (χ3n) is 2.95. The lowest BCUT2D eigenvalue weighted by atomic mass is 9.96. The largest absolute Gasteiger partial charge is 0.207 e. The van der Waals surface area contributed by atoms with Gasteiger partial charge in [-0.2, -0.15) is 0 Å². The Morgan fingerprint density at radius 2 is 1.83 bits per heavy atom. The third-order valence-corrected chi connectivity index (χ3v) is 2.95. The maximum Gasteiger partial charge on any atom is 0.125 e. The number of halogens is 1. The van der Waals surface area contributed by atoms with Crippen LogP contribution in [0.3, 0.4) is 0 Å². The number of hydrogen-bond acceptors (Lipinski definition) is 0. The Morgan fingerprint density at radius 1 is 1.06 bits per heavy atom. The van der Waals surface area contributed by atoms with E-state index in [1.54, 1.807) is 0 Å². The molecule has 0 nitrogen and oxygen atoms in total. The number of hydrogen-bond donors (Lipinski definition) is 0. The summed E-state index contributed by atoms with van der Waals surface area (Å²) in [4.78, 5) is 0. The van der Waals surface area contributed by atoms with Gasteiger partial charge in [0.1, 0.15) is 5.82 Å². The molecule has 0 aliphatic carbocycles. The third kappa shape index (κ3) is 2.60. The minimum Gasteiger partial charge on any atom is -0.207 e. The highest BCUT2D eigenvalue weighted by molar-refractivity contribution is 5.66. The molecule has 0 spiro atoms. The van der Waals surface area contributed by atoms with Crippen molar-refractivity contribution in [3.63, 3.8) is 0 Å². The molecule has 0 N–H and O–H groups in total. The lowest BCUT2D eigenvalue weighted by Gasteiger charge is -2.09. The molecule has 90 valence electrons. The molecule has 1 heteroatoms. The van der Waals surface area contributed by atoms with Crippen LogP contribution in [0.4, 0.5) is 4.39 Å². The maximum atomic E-state index is 13.5. The zero-order chi connectivity index (χ0) is 13.1. The van der Waals surface area contributed by atoms with E-state index in [-0.39, 0.29) is 5.82 Å². The predicted molar refractivity (Wildman–Crippen MR) is 73.9 cm³/mol.